The zero-order chi connectivity index (χ0) is 11.4. The Bertz CT molecular complexity index is 323. The quantitative estimate of drug-likeness (QED) is 0.839. The second kappa shape index (κ2) is 5.32. The van der Waals surface area contributed by atoms with Gasteiger partial charge in [-0.2, -0.15) is 0 Å². The number of aliphatic hydroxyl groups is 1. The van der Waals surface area contributed by atoms with E-state index in [0.29, 0.717) is 5.92 Å². The Balaban J connectivity index is 1.97. The molecule has 1 atom stereocenters. The molecule has 88 valence electrons. The lowest BCUT2D eigenvalue weighted by atomic mass is 10.1. The molecule has 3 heteroatoms. The number of ether oxygens (including phenoxy) is 1. The van der Waals surface area contributed by atoms with E-state index >= 15 is 0 Å². The van der Waals surface area contributed by atoms with E-state index in [0.717, 1.165) is 25.3 Å². The first-order valence-corrected chi connectivity index (χ1v) is 5.77. The van der Waals surface area contributed by atoms with Gasteiger partial charge in [0.1, 0.15) is 0 Å². The summed E-state index contributed by atoms with van der Waals surface area (Å²) < 4.78 is 5.19. The summed E-state index contributed by atoms with van der Waals surface area (Å²) in [7, 11) is 1.76. The van der Waals surface area contributed by atoms with E-state index in [2.05, 4.69) is 17.0 Å². The first kappa shape index (κ1) is 11.4. The van der Waals surface area contributed by atoms with Gasteiger partial charge in [-0.1, -0.05) is 12.1 Å². The molecule has 16 heavy (non-hydrogen) atoms. The molecule has 1 fully saturated rings. The Morgan fingerprint density at radius 3 is 2.75 bits per heavy atom. The fourth-order valence-electron chi connectivity index (χ4n) is 2.25. The van der Waals surface area contributed by atoms with Crippen LogP contribution < -0.4 is 4.90 Å². The number of rotatable bonds is 4. The highest BCUT2D eigenvalue weighted by atomic mass is 16.5. The van der Waals surface area contributed by atoms with Crippen LogP contribution in [0.5, 0.6) is 0 Å². The van der Waals surface area contributed by atoms with Crippen molar-refractivity contribution in [1.29, 1.82) is 0 Å². The molecule has 0 amide bonds. The first-order chi connectivity index (χ1) is 7.83. The number of nitrogens with zero attached hydrogens (tertiary/aromatic N) is 1. The van der Waals surface area contributed by atoms with Crippen molar-refractivity contribution in [2.75, 3.05) is 31.7 Å². The van der Waals surface area contributed by atoms with Crippen LogP contribution in [0, 0.1) is 5.92 Å². The summed E-state index contributed by atoms with van der Waals surface area (Å²) in [4.78, 5) is 2.38. The topological polar surface area (TPSA) is 32.7 Å². The molecule has 2 rings (SSSR count). The lowest BCUT2D eigenvalue weighted by Crippen LogP contribution is -2.20. The van der Waals surface area contributed by atoms with Crippen LogP contribution >= 0.6 is 0 Å². The average molecular weight is 221 g/mol. The van der Waals surface area contributed by atoms with Gasteiger partial charge in [-0.05, 0) is 24.1 Å². The molecule has 1 heterocycles. The molecule has 1 aromatic carbocycles. The molecular formula is C13H19NO2. The van der Waals surface area contributed by atoms with Crippen LogP contribution in [-0.2, 0) is 11.3 Å². The molecule has 1 aliphatic heterocycles. The molecule has 1 saturated heterocycles. The van der Waals surface area contributed by atoms with Crippen LogP contribution in [0.2, 0.25) is 0 Å². The van der Waals surface area contributed by atoms with Gasteiger partial charge in [-0.25, -0.2) is 0 Å². The maximum Gasteiger partial charge on any atom is 0.0681 e. The van der Waals surface area contributed by atoms with Crippen molar-refractivity contribution < 1.29 is 9.84 Å². The van der Waals surface area contributed by atoms with Gasteiger partial charge in [-0.3, -0.25) is 0 Å². The average Bonchev–Trinajstić information content (AvgIpc) is 2.78. The van der Waals surface area contributed by atoms with Crippen LogP contribution in [0.25, 0.3) is 0 Å². The maximum atomic E-state index is 8.98. The summed E-state index contributed by atoms with van der Waals surface area (Å²) >= 11 is 0. The van der Waals surface area contributed by atoms with E-state index in [4.69, 9.17) is 9.84 Å². The van der Waals surface area contributed by atoms with Crippen molar-refractivity contribution in [3.8, 4) is 0 Å². The highest BCUT2D eigenvalue weighted by Gasteiger charge is 2.22. The normalized spacial score (nSPS) is 20.4. The van der Waals surface area contributed by atoms with E-state index in [1.807, 2.05) is 12.1 Å². The minimum absolute atomic E-state index is 0.118. The summed E-state index contributed by atoms with van der Waals surface area (Å²) in [6.45, 7) is 3.15. The van der Waals surface area contributed by atoms with Crippen molar-refractivity contribution in [1.82, 2.24) is 0 Å². The first-order valence-electron chi connectivity index (χ1n) is 5.77. The van der Waals surface area contributed by atoms with Crippen molar-refractivity contribution in [3.63, 3.8) is 0 Å². The van der Waals surface area contributed by atoms with Crippen molar-refractivity contribution >= 4 is 5.69 Å². The lowest BCUT2D eigenvalue weighted by molar-refractivity contribution is 0.161. The van der Waals surface area contributed by atoms with Gasteiger partial charge in [0.25, 0.3) is 0 Å². The predicted octanol–water partition coefficient (Wildman–Crippen LogP) is 1.65. The van der Waals surface area contributed by atoms with Crippen LogP contribution in [0.1, 0.15) is 12.0 Å². The Morgan fingerprint density at radius 1 is 1.38 bits per heavy atom. The number of aliphatic hydroxyl groups excluding tert-OH is 1. The Hall–Kier alpha value is -1.06. The molecule has 1 aliphatic rings. The number of hydrogen-bond donors (Lipinski definition) is 1. The predicted molar refractivity (Wildman–Crippen MR) is 64.6 cm³/mol. The molecular weight excluding hydrogens is 202 g/mol. The number of benzene rings is 1. The molecule has 0 bridgehead atoms. The number of hydrogen-bond acceptors (Lipinski definition) is 3. The van der Waals surface area contributed by atoms with E-state index in [-0.39, 0.29) is 6.61 Å². The Morgan fingerprint density at radius 2 is 2.12 bits per heavy atom. The molecule has 3 nitrogen and oxygen atoms in total. The Kier molecular flexibility index (Phi) is 3.80. The van der Waals surface area contributed by atoms with Crippen LogP contribution in [-0.4, -0.2) is 31.9 Å². The smallest absolute Gasteiger partial charge is 0.0681 e. The molecule has 1 aromatic rings. The van der Waals surface area contributed by atoms with Gasteiger partial charge in [-0.15, -0.1) is 0 Å². The van der Waals surface area contributed by atoms with Gasteiger partial charge in [0.2, 0.25) is 0 Å². The fourth-order valence-corrected chi connectivity index (χ4v) is 2.25. The van der Waals surface area contributed by atoms with Crippen LogP contribution in [0.3, 0.4) is 0 Å². The number of anilines is 1. The molecule has 1 N–H and O–H groups in total. The highest BCUT2D eigenvalue weighted by molar-refractivity contribution is 5.48. The van der Waals surface area contributed by atoms with Gasteiger partial charge in [0.05, 0.1) is 13.2 Å². The monoisotopic (exact) mass is 221 g/mol. The Labute approximate surface area is 96.6 Å². The maximum absolute atomic E-state index is 8.98. The minimum Gasteiger partial charge on any atom is -0.392 e. The van der Waals surface area contributed by atoms with Crippen molar-refractivity contribution in [3.05, 3.63) is 29.8 Å². The van der Waals surface area contributed by atoms with Crippen LogP contribution in [0.15, 0.2) is 24.3 Å². The number of methoxy groups -OCH3 is 1. The third-order valence-electron chi connectivity index (χ3n) is 3.17. The standard InChI is InChI=1S/C13H19NO2/c1-16-10-12-6-7-14(8-12)13-4-2-11(9-15)3-5-13/h2-5,12,15H,6-10H2,1H3. The SMILES string of the molecule is COCC1CCN(c2ccc(CO)cc2)C1. The van der Waals surface area contributed by atoms with Gasteiger partial charge in [0.15, 0.2) is 0 Å². The summed E-state index contributed by atoms with van der Waals surface area (Å²) in [5, 5.41) is 8.98. The summed E-state index contributed by atoms with van der Waals surface area (Å²) in [5.41, 5.74) is 2.21. The fraction of sp³-hybridized carbons (Fsp3) is 0.538. The molecule has 1 unspecified atom stereocenters. The molecule has 0 radical (unpaired) electrons. The van der Waals surface area contributed by atoms with Crippen molar-refractivity contribution in [2.24, 2.45) is 5.92 Å². The minimum atomic E-state index is 0.118. The molecule has 0 aliphatic carbocycles. The summed E-state index contributed by atoms with van der Waals surface area (Å²) in [5.74, 6) is 0.655. The second-order valence-electron chi connectivity index (χ2n) is 4.38. The lowest BCUT2D eigenvalue weighted by Gasteiger charge is -2.18. The van der Waals surface area contributed by atoms with Crippen molar-refractivity contribution in [2.45, 2.75) is 13.0 Å². The summed E-state index contributed by atoms with van der Waals surface area (Å²) in [6.07, 6.45) is 1.20. The highest BCUT2D eigenvalue weighted by Crippen LogP contribution is 2.24. The third kappa shape index (κ3) is 2.54. The van der Waals surface area contributed by atoms with E-state index < -0.39 is 0 Å². The van der Waals surface area contributed by atoms with E-state index in [1.54, 1.807) is 7.11 Å². The summed E-state index contributed by atoms with van der Waals surface area (Å²) in [6, 6.07) is 8.14. The third-order valence-corrected chi connectivity index (χ3v) is 3.17. The molecule has 0 saturated carbocycles. The largest absolute Gasteiger partial charge is 0.392 e. The molecule has 0 spiro atoms. The zero-order valence-corrected chi connectivity index (χ0v) is 9.72. The second-order valence-corrected chi connectivity index (χ2v) is 4.38. The van der Waals surface area contributed by atoms with Gasteiger partial charge in [0, 0.05) is 31.8 Å². The van der Waals surface area contributed by atoms with Gasteiger partial charge < -0.3 is 14.7 Å². The van der Waals surface area contributed by atoms with Crippen LogP contribution in [0.4, 0.5) is 5.69 Å². The van der Waals surface area contributed by atoms with E-state index in [9.17, 15) is 0 Å². The van der Waals surface area contributed by atoms with Gasteiger partial charge >= 0.3 is 0 Å². The van der Waals surface area contributed by atoms with E-state index in [1.165, 1.54) is 12.1 Å². The zero-order valence-electron chi connectivity index (χ0n) is 9.72. The molecule has 0 aromatic heterocycles.